The van der Waals surface area contributed by atoms with E-state index in [9.17, 15) is 9.18 Å². The van der Waals surface area contributed by atoms with E-state index in [4.69, 9.17) is 4.74 Å². The molecule has 1 atom stereocenters. The van der Waals surface area contributed by atoms with Gasteiger partial charge in [-0.05, 0) is 37.6 Å². The fourth-order valence-corrected chi connectivity index (χ4v) is 3.44. The summed E-state index contributed by atoms with van der Waals surface area (Å²) in [5.41, 5.74) is 3.46. The fourth-order valence-electron chi connectivity index (χ4n) is 3.44. The molecule has 8 heteroatoms. The molecule has 0 unspecified atom stereocenters. The zero-order chi connectivity index (χ0) is 20.4. The lowest BCUT2D eigenvalue weighted by atomic mass is 10.0. The zero-order valence-corrected chi connectivity index (χ0v) is 16.3. The molecule has 0 saturated heterocycles. The largest absolute Gasteiger partial charge is 0.490 e. The molecule has 3 heterocycles. The Morgan fingerprint density at radius 3 is 2.90 bits per heavy atom. The Bertz CT molecular complexity index is 1030. The lowest BCUT2D eigenvalue weighted by Crippen LogP contribution is -2.39. The number of hydrogen-bond donors (Lipinski definition) is 2. The number of carbonyl (C=O) groups excluding carboxylic acids is 1. The molecule has 2 aromatic heterocycles. The highest BCUT2D eigenvalue weighted by molar-refractivity contribution is 5.74. The van der Waals surface area contributed by atoms with E-state index in [0.717, 1.165) is 22.8 Å². The number of benzene rings is 1. The summed E-state index contributed by atoms with van der Waals surface area (Å²) in [6.45, 7) is 4.60. The van der Waals surface area contributed by atoms with E-state index in [1.165, 1.54) is 6.07 Å². The van der Waals surface area contributed by atoms with Gasteiger partial charge in [-0.3, -0.25) is 0 Å². The first-order chi connectivity index (χ1) is 14.0. The minimum absolute atomic E-state index is 0.216. The molecular weight excluding hydrogens is 373 g/mol. The molecule has 7 nitrogen and oxygen atoms in total. The van der Waals surface area contributed by atoms with Gasteiger partial charge >= 0.3 is 6.03 Å². The molecular formula is C21H22FN5O2. The molecule has 3 aromatic rings. The zero-order valence-electron chi connectivity index (χ0n) is 16.3. The number of rotatable bonds is 4. The van der Waals surface area contributed by atoms with Crippen LogP contribution in [0, 0.1) is 19.7 Å². The van der Waals surface area contributed by atoms with E-state index in [-0.39, 0.29) is 17.8 Å². The quantitative estimate of drug-likeness (QED) is 0.710. The summed E-state index contributed by atoms with van der Waals surface area (Å²) in [4.78, 5) is 16.8. The van der Waals surface area contributed by atoms with E-state index in [2.05, 4.69) is 20.7 Å². The number of para-hydroxylation sites is 1. The van der Waals surface area contributed by atoms with E-state index in [1.807, 2.05) is 32.0 Å². The van der Waals surface area contributed by atoms with E-state index < -0.39 is 5.82 Å². The topological polar surface area (TPSA) is 81.1 Å². The first-order valence-electron chi connectivity index (χ1n) is 9.45. The van der Waals surface area contributed by atoms with Crippen LogP contribution in [0.15, 0.2) is 42.6 Å². The first-order valence-corrected chi connectivity index (χ1v) is 9.45. The summed E-state index contributed by atoms with van der Waals surface area (Å²) in [5.74, 6) is 0.529. The van der Waals surface area contributed by atoms with Crippen molar-refractivity contribution in [3.8, 4) is 11.6 Å². The number of urea groups is 1. The molecule has 1 aromatic carbocycles. The Balaban J connectivity index is 1.36. The van der Waals surface area contributed by atoms with Crippen molar-refractivity contribution in [2.75, 3.05) is 6.61 Å². The van der Waals surface area contributed by atoms with E-state index >= 15 is 0 Å². The molecule has 2 amide bonds. The van der Waals surface area contributed by atoms with Crippen molar-refractivity contribution < 1.29 is 13.9 Å². The van der Waals surface area contributed by atoms with Gasteiger partial charge in [0.05, 0.1) is 18.3 Å². The minimum Gasteiger partial charge on any atom is -0.490 e. The molecule has 0 aliphatic carbocycles. The summed E-state index contributed by atoms with van der Waals surface area (Å²) in [7, 11) is 0. The van der Waals surface area contributed by atoms with Crippen LogP contribution in [0.5, 0.6) is 5.75 Å². The van der Waals surface area contributed by atoms with Crippen LogP contribution in [0.4, 0.5) is 9.18 Å². The Hall–Kier alpha value is -3.42. The van der Waals surface area contributed by atoms with Crippen molar-refractivity contribution in [2.45, 2.75) is 32.9 Å². The summed E-state index contributed by atoms with van der Waals surface area (Å²) in [6, 6.07) is 9.88. The molecule has 0 spiro atoms. The highest BCUT2D eigenvalue weighted by Gasteiger charge is 2.25. The molecule has 2 N–H and O–H groups in total. The number of nitrogens with zero attached hydrogens (tertiary/aromatic N) is 3. The molecule has 0 fully saturated rings. The van der Waals surface area contributed by atoms with Gasteiger partial charge in [-0.15, -0.1) is 0 Å². The van der Waals surface area contributed by atoms with Crippen molar-refractivity contribution in [2.24, 2.45) is 0 Å². The second-order valence-electron chi connectivity index (χ2n) is 7.04. The summed E-state index contributed by atoms with van der Waals surface area (Å²) in [6.07, 6.45) is 2.30. The Morgan fingerprint density at radius 2 is 2.17 bits per heavy atom. The standard InChI is InChI=1S/C21H22FN5O2/c1-13-10-14(2)27(26-13)19-7-6-15(11-23-19)12-24-21(28)25-18-8-9-29-20-16(18)4-3-5-17(20)22/h3-7,10-11,18H,8-9,12H2,1-2H3,(H2,24,25,28)/t18-/m0/s1. The third-order valence-electron chi connectivity index (χ3n) is 4.82. The van der Waals surface area contributed by atoms with Crippen molar-refractivity contribution >= 4 is 6.03 Å². The van der Waals surface area contributed by atoms with Gasteiger partial charge in [-0.25, -0.2) is 18.9 Å². The molecule has 4 rings (SSSR count). The van der Waals surface area contributed by atoms with E-state index in [0.29, 0.717) is 25.1 Å². The van der Waals surface area contributed by atoms with E-state index in [1.54, 1.807) is 23.0 Å². The smallest absolute Gasteiger partial charge is 0.315 e. The summed E-state index contributed by atoms with van der Waals surface area (Å²) < 4.78 is 21.0. The third-order valence-corrected chi connectivity index (χ3v) is 4.82. The highest BCUT2D eigenvalue weighted by atomic mass is 19.1. The minimum atomic E-state index is -0.414. The molecule has 0 saturated carbocycles. The van der Waals surface area contributed by atoms with Gasteiger partial charge in [0.1, 0.15) is 0 Å². The number of amides is 2. The summed E-state index contributed by atoms with van der Waals surface area (Å²) >= 11 is 0. The molecule has 1 aliphatic rings. The number of ether oxygens (including phenoxy) is 1. The average molecular weight is 395 g/mol. The maximum Gasteiger partial charge on any atom is 0.315 e. The van der Waals surface area contributed by atoms with Gasteiger partial charge in [0.2, 0.25) is 0 Å². The molecule has 1 aliphatic heterocycles. The van der Waals surface area contributed by atoms with Crippen molar-refractivity contribution in [1.82, 2.24) is 25.4 Å². The van der Waals surface area contributed by atoms with Crippen molar-refractivity contribution in [1.29, 1.82) is 0 Å². The highest BCUT2D eigenvalue weighted by Crippen LogP contribution is 2.33. The molecule has 0 radical (unpaired) electrons. The third kappa shape index (κ3) is 4.06. The number of pyridine rings is 1. The van der Waals surface area contributed by atoms with Crippen molar-refractivity contribution in [3.05, 3.63) is 70.9 Å². The number of halogens is 1. The Morgan fingerprint density at radius 1 is 1.31 bits per heavy atom. The SMILES string of the molecule is Cc1cc(C)n(-c2ccc(CNC(=O)N[C@H]3CCOc4c(F)cccc43)cn2)n1. The van der Waals surface area contributed by atoms with Gasteiger partial charge < -0.3 is 15.4 Å². The van der Waals surface area contributed by atoms with Gasteiger partial charge in [-0.1, -0.05) is 18.2 Å². The predicted octanol–water partition coefficient (Wildman–Crippen LogP) is 3.35. The maximum atomic E-state index is 13.9. The average Bonchev–Trinajstić information content (AvgIpc) is 3.06. The monoisotopic (exact) mass is 395 g/mol. The van der Waals surface area contributed by atoms with Gasteiger partial charge in [-0.2, -0.15) is 5.10 Å². The van der Waals surface area contributed by atoms with Crippen LogP contribution in [0.1, 0.15) is 35.0 Å². The number of carbonyl (C=O) groups is 1. The number of aromatic nitrogens is 3. The van der Waals surface area contributed by atoms with Gasteiger partial charge in [0.15, 0.2) is 17.4 Å². The molecule has 29 heavy (non-hydrogen) atoms. The molecule has 0 bridgehead atoms. The van der Waals surface area contributed by atoms with Crippen LogP contribution in [-0.4, -0.2) is 27.4 Å². The van der Waals surface area contributed by atoms with Crippen LogP contribution in [0.2, 0.25) is 0 Å². The van der Waals surface area contributed by atoms with Gasteiger partial charge in [0, 0.05) is 30.4 Å². The lowest BCUT2D eigenvalue weighted by molar-refractivity contribution is 0.219. The number of fused-ring (bicyclic) bond motifs is 1. The van der Waals surface area contributed by atoms with Gasteiger partial charge in [0.25, 0.3) is 0 Å². The summed E-state index contributed by atoms with van der Waals surface area (Å²) in [5, 5.41) is 10.1. The Kier molecular flexibility index (Phi) is 5.16. The van der Waals surface area contributed by atoms with Crippen LogP contribution >= 0.6 is 0 Å². The maximum absolute atomic E-state index is 13.9. The fraction of sp³-hybridized carbons (Fsp3) is 0.286. The normalized spacial score (nSPS) is 15.3. The van der Waals surface area contributed by atoms with Crippen molar-refractivity contribution in [3.63, 3.8) is 0 Å². The first kappa shape index (κ1) is 18.9. The number of nitrogens with one attached hydrogen (secondary N) is 2. The van der Waals surface area contributed by atoms with Crippen LogP contribution < -0.4 is 15.4 Å². The second-order valence-corrected chi connectivity index (χ2v) is 7.04. The molecule has 150 valence electrons. The van der Waals surface area contributed by atoms with Crippen LogP contribution in [0.3, 0.4) is 0 Å². The van der Waals surface area contributed by atoms with Crippen LogP contribution in [0.25, 0.3) is 5.82 Å². The predicted molar refractivity (Wildman–Crippen MR) is 105 cm³/mol. The lowest BCUT2D eigenvalue weighted by Gasteiger charge is -2.27. The number of hydrogen-bond acceptors (Lipinski definition) is 4. The second kappa shape index (κ2) is 7.90. The number of aryl methyl sites for hydroxylation is 2. The Labute approximate surface area is 167 Å². The van der Waals surface area contributed by atoms with Crippen LogP contribution in [-0.2, 0) is 6.54 Å².